The molecule has 32 heavy (non-hydrogen) atoms. The summed E-state index contributed by atoms with van der Waals surface area (Å²) in [6, 6.07) is 5.03. The molecule has 1 saturated heterocycles. The van der Waals surface area contributed by atoms with Gasteiger partial charge in [0.15, 0.2) is 5.78 Å². The zero-order chi connectivity index (χ0) is 24.2. The Labute approximate surface area is 190 Å². The van der Waals surface area contributed by atoms with Crippen molar-refractivity contribution in [2.24, 2.45) is 5.92 Å². The van der Waals surface area contributed by atoms with Crippen molar-refractivity contribution >= 4 is 17.8 Å². The average Bonchev–Trinajstić information content (AvgIpc) is 3.06. The molecule has 0 unspecified atom stereocenters. The standard InChI is InChI=1S/C24H36N2O6/c1-14-8-9-18(15(2)10-14)20(28)12-25-22(29)16(3)21(31-7)19-11-17(27)13-26(19)23(30)32-24(4,5)6/h8-10,16-17,19,21,27H,11-13H2,1-7H3,(H,25,29)/t16-,17+,19+,21-/m1/s1. The van der Waals surface area contributed by atoms with Gasteiger partial charge in [-0.3, -0.25) is 14.5 Å². The normalized spacial score (nSPS) is 20.6. The van der Waals surface area contributed by atoms with Gasteiger partial charge in [0.05, 0.1) is 37.3 Å². The minimum absolute atomic E-state index is 0.110. The van der Waals surface area contributed by atoms with Crippen LogP contribution in [0.25, 0.3) is 0 Å². The van der Waals surface area contributed by atoms with Gasteiger partial charge in [-0.2, -0.15) is 0 Å². The van der Waals surface area contributed by atoms with Crippen molar-refractivity contribution in [3.8, 4) is 0 Å². The number of ketones is 1. The number of aliphatic hydroxyl groups is 1. The van der Waals surface area contributed by atoms with E-state index in [0.29, 0.717) is 5.56 Å². The van der Waals surface area contributed by atoms with Gasteiger partial charge in [0.1, 0.15) is 5.60 Å². The summed E-state index contributed by atoms with van der Waals surface area (Å²) in [5.74, 6) is -1.20. The number of carbonyl (C=O) groups is 3. The molecule has 0 spiro atoms. The molecule has 1 aromatic carbocycles. The fourth-order valence-electron chi connectivity index (χ4n) is 4.08. The van der Waals surface area contributed by atoms with Gasteiger partial charge in [0.25, 0.3) is 0 Å². The van der Waals surface area contributed by atoms with E-state index in [1.54, 1.807) is 33.8 Å². The van der Waals surface area contributed by atoms with Gasteiger partial charge in [-0.25, -0.2) is 4.79 Å². The highest BCUT2D eigenvalue weighted by molar-refractivity contribution is 6.00. The summed E-state index contributed by atoms with van der Waals surface area (Å²) in [4.78, 5) is 39.5. The molecule has 0 radical (unpaired) electrons. The number of β-amino-alcohol motifs (C(OH)–C–C–N with tert-alkyl or cyclic N) is 1. The van der Waals surface area contributed by atoms with Crippen LogP contribution in [-0.4, -0.2) is 71.8 Å². The molecule has 4 atom stereocenters. The van der Waals surface area contributed by atoms with Crippen LogP contribution < -0.4 is 5.32 Å². The molecule has 2 N–H and O–H groups in total. The number of Topliss-reactive ketones (excluding diaryl/α,β-unsaturated/α-hetero) is 1. The molecule has 0 aromatic heterocycles. The number of aliphatic hydroxyl groups excluding tert-OH is 1. The number of aryl methyl sites for hydroxylation is 2. The smallest absolute Gasteiger partial charge is 0.410 e. The number of nitrogens with zero attached hydrogens (tertiary/aromatic N) is 1. The van der Waals surface area contributed by atoms with E-state index < -0.39 is 35.9 Å². The van der Waals surface area contributed by atoms with Crippen molar-refractivity contribution in [1.82, 2.24) is 10.2 Å². The van der Waals surface area contributed by atoms with E-state index in [9.17, 15) is 19.5 Å². The molecule has 1 heterocycles. The maximum absolute atomic E-state index is 12.8. The van der Waals surface area contributed by atoms with Crippen molar-refractivity contribution in [2.45, 2.75) is 71.8 Å². The van der Waals surface area contributed by atoms with Gasteiger partial charge in [0.2, 0.25) is 5.91 Å². The van der Waals surface area contributed by atoms with E-state index in [4.69, 9.17) is 9.47 Å². The second kappa shape index (κ2) is 10.4. The molecule has 8 heteroatoms. The Hall–Kier alpha value is -2.45. The Morgan fingerprint density at radius 2 is 1.91 bits per heavy atom. The summed E-state index contributed by atoms with van der Waals surface area (Å²) in [6.07, 6.45) is -1.68. The zero-order valence-electron chi connectivity index (χ0n) is 20.1. The lowest BCUT2D eigenvalue weighted by atomic mass is 9.94. The fourth-order valence-corrected chi connectivity index (χ4v) is 4.08. The number of likely N-dealkylation sites (tertiary alicyclic amines) is 1. The zero-order valence-corrected chi connectivity index (χ0v) is 20.1. The van der Waals surface area contributed by atoms with E-state index in [2.05, 4.69) is 5.32 Å². The first-order valence-electron chi connectivity index (χ1n) is 10.9. The molecule has 2 amide bonds. The van der Waals surface area contributed by atoms with Gasteiger partial charge in [-0.15, -0.1) is 0 Å². The van der Waals surface area contributed by atoms with Crippen LogP contribution in [0.5, 0.6) is 0 Å². The first-order valence-corrected chi connectivity index (χ1v) is 10.9. The first kappa shape index (κ1) is 25.8. The van der Waals surface area contributed by atoms with Crippen LogP contribution in [0, 0.1) is 19.8 Å². The summed E-state index contributed by atoms with van der Waals surface area (Å²) in [5, 5.41) is 12.9. The summed E-state index contributed by atoms with van der Waals surface area (Å²) in [6.45, 7) is 10.8. The van der Waals surface area contributed by atoms with Crippen molar-refractivity contribution in [3.05, 3.63) is 34.9 Å². The van der Waals surface area contributed by atoms with E-state index in [1.165, 1.54) is 12.0 Å². The number of ether oxygens (including phenoxy) is 2. The van der Waals surface area contributed by atoms with Crippen LogP contribution in [0.3, 0.4) is 0 Å². The van der Waals surface area contributed by atoms with Crippen molar-refractivity contribution in [2.75, 3.05) is 20.2 Å². The topological polar surface area (TPSA) is 105 Å². The van der Waals surface area contributed by atoms with Crippen LogP contribution in [0.4, 0.5) is 4.79 Å². The third kappa shape index (κ3) is 6.53. The van der Waals surface area contributed by atoms with E-state index >= 15 is 0 Å². The lowest BCUT2D eigenvalue weighted by Gasteiger charge is -2.34. The van der Waals surface area contributed by atoms with Crippen molar-refractivity contribution in [1.29, 1.82) is 0 Å². The lowest BCUT2D eigenvalue weighted by Crippen LogP contribution is -2.51. The minimum atomic E-state index is -0.730. The van der Waals surface area contributed by atoms with Gasteiger partial charge in [-0.05, 0) is 46.6 Å². The van der Waals surface area contributed by atoms with Crippen LogP contribution in [0.1, 0.15) is 55.6 Å². The minimum Gasteiger partial charge on any atom is -0.444 e. The first-order chi connectivity index (χ1) is 14.8. The van der Waals surface area contributed by atoms with Crippen molar-refractivity contribution < 1.29 is 29.0 Å². The summed E-state index contributed by atoms with van der Waals surface area (Å²) in [5.41, 5.74) is 1.81. The highest BCUT2D eigenvalue weighted by atomic mass is 16.6. The number of benzene rings is 1. The second-order valence-corrected chi connectivity index (χ2v) is 9.54. The van der Waals surface area contributed by atoms with Gasteiger partial charge >= 0.3 is 6.09 Å². The Kier molecular flexibility index (Phi) is 8.42. The van der Waals surface area contributed by atoms with Crippen molar-refractivity contribution in [3.63, 3.8) is 0 Å². The SMILES string of the molecule is CO[C@H]([C@@H](C)C(=O)NCC(=O)c1ccc(C)cc1C)[C@@H]1C[C@H](O)CN1C(=O)OC(C)(C)C. The Morgan fingerprint density at radius 1 is 1.25 bits per heavy atom. The quantitative estimate of drug-likeness (QED) is 0.622. The highest BCUT2D eigenvalue weighted by Crippen LogP contribution is 2.28. The second-order valence-electron chi connectivity index (χ2n) is 9.54. The average molecular weight is 449 g/mol. The predicted octanol–water partition coefficient (Wildman–Crippen LogP) is 2.62. The Balaban J connectivity index is 2.06. The van der Waals surface area contributed by atoms with E-state index in [1.807, 2.05) is 26.0 Å². The molecule has 1 fully saturated rings. The summed E-state index contributed by atoms with van der Waals surface area (Å²) in [7, 11) is 1.47. The molecule has 0 aliphatic carbocycles. The Morgan fingerprint density at radius 3 is 2.47 bits per heavy atom. The lowest BCUT2D eigenvalue weighted by molar-refractivity contribution is -0.130. The largest absolute Gasteiger partial charge is 0.444 e. The number of hydrogen-bond donors (Lipinski definition) is 2. The summed E-state index contributed by atoms with van der Waals surface area (Å²) < 4.78 is 11.1. The molecule has 1 aliphatic heterocycles. The molecule has 0 bridgehead atoms. The Bertz CT molecular complexity index is 847. The molecule has 1 aliphatic rings. The molecule has 1 aromatic rings. The van der Waals surface area contributed by atoms with Crippen LogP contribution >= 0.6 is 0 Å². The maximum Gasteiger partial charge on any atom is 0.410 e. The van der Waals surface area contributed by atoms with Crippen LogP contribution in [-0.2, 0) is 14.3 Å². The molecule has 178 valence electrons. The van der Waals surface area contributed by atoms with E-state index in [0.717, 1.165) is 11.1 Å². The number of hydrogen-bond acceptors (Lipinski definition) is 6. The number of amides is 2. The summed E-state index contributed by atoms with van der Waals surface area (Å²) >= 11 is 0. The van der Waals surface area contributed by atoms with Gasteiger partial charge in [-0.1, -0.05) is 30.7 Å². The molecule has 0 saturated carbocycles. The monoisotopic (exact) mass is 448 g/mol. The predicted molar refractivity (Wildman–Crippen MR) is 121 cm³/mol. The van der Waals surface area contributed by atoms with Crippen LogP contribution in [0.15, 0.2) is 18.2 Å². The third-order valence-corrected chi connectivity index (χ3v) is 5.61. The molecule has 8 nitrogen and oxygen atoms in total. The van der Waals surface area contributed by atoms with Crippen LogP contribution in [0.2, 0.25) is 0 Å². The highest BCUT2D eigenvalue weighted by Gasteiger charge is 2.44. The van der Waals surface area contributed by atoms with Gasteiger partial charge in [0, 0.05) is 12.7 Å². The van der Waals surface area contributed by atoms with E-state index in [-0.39, 0.29) is 31.2 Å². The maximum atomic E-state index is 12.8. The molecular formula is C24H36N2O6. The molecular weight excluding hydrogens is 412 g/mol. The number of carbonyl (C=O) groups excluding carboxylic acids is 3. The number of methoxy groups -OCH3 is 1. The number of rotatable bonds is 7. The fraction of sp³-hybridized carbons (Fsp3) is 0.625. The third-order valence-electron chi connectivity index (χ3n) is 5.61. The molecule has 2 rings (SSSR count). The van der Waals surface area contributed by atoms with Gasteiger partial charge < -0.3 is 19.9 Å². The number of nitrogens with one attached hydrogen (secondary N) is 1.